The molecule has 136 valence electrons. The lowest BCUT2D eigenvalue weighted by atomic mass is 10.1. The Morgan fingerprint density at radius 2 is 2.08 bits per heavy atom. The number of pyridine rings is 1. The highest BCUT2D eigenvalue weighted by atomic mass is 79.9. The normalized spacial score (nSPS) is 16.9. The molecular formula is C18H17BrN2O3S2. The second-order valence-corrected chi connectivity index (χ2v) is 8.35. The number of hydrogen-bond acceptors (Lipinski definition) is 6. The second kappa shape index (κ2) is 8.37. The van der Waals surface area contributed by atoms with Gasteiger partial charge in [-0.05, 0) is 45.6 Å². The summed E-state index contributed by atoms with van der Waals surface area (Å²) in [6.07, 6.45) is 3.98. The van der Waals surface area contributed by atoms with Crippen LogP contribution in [0, 0.1) is 0 Å². The summed E-state index contributed by atoms with van der Waals surface area (Å²) in [5.41, 5.74) is 1.88. The summed E-state index contributed by atoms with van der Waals surface area (Å²) in [4.78, 5) is 18.6. The number of methoxy groups -OCH3 is 2. The average molecular weight is 453 g/mol. The largest absolute Gasteiger partial charge is 0.496 e. The van der Waals surface area contributed by atoms with Gasteiger partial charge in [0.1, 0.15) is 15.8 Å². The first-order valence-corrected chi connectivity index (χ1v) is 9.93. The van der Waals surface area contributed by atoms with Crippen molar-refractivity contribution in [3.63, 3.8) is 0 Å². The van der Waals surface area contributed by atoms with Crippen LogP contribution in [0.5, 0.6) is 11.5 Å². The van der Waals surface area contributed by atoms with Gasteiger partial charge in [-0.1, -0.05) is 30.0 Å². The van der Waals surface area contributed by atoms with Gasteiger partial charge >= 0.3 is 0 Å². The molecule has 1 saturated heterocycles. The van der Waals surface area contributed by atoms with Crippen molar-refractivity contribution in [1.29, 1.82) is 0 Å². The van der Waals surface area contributed by atoms with Crippen LogP contribution in [0.1, 0.15) is 11.1 Å². The van der Waals surface area contributed by atoms with Gasteiger partial charge in [0.25, 0.3) is 0 Å². The monoisotopic (exact) mass is 452 g/mol. The number of carbonyl (C=O) groups excluding carboxylic acids is 1. The molecule has 2 aromatic rings. The molecule has 1 amide bonds. The molecule has 0 aliphatic carbocycles. The van der Waals surface area contributed by atoms with Crippen LogP contribution in [-0.2, 0) is 17.8 Å². The molecule has 1 aromatic heterocycles. The van der Waals surface area contributed by atoms with E-state index in [1.807, 2.05) is 24.3 Å². The zero-order chi connectivity index (χ0) is 18.7. The van der Waals surface area contributed by atoms with Gasteiger partial charge in [0, 0.05) is 18.5 Å². The van der Waals surface area contributed by atoms with Crippen molar-refractivity contribution in [1.82, 2.24) is 9.88 Å². The number of carbonyl (C=O) groups is 1. The molecule has 0 unspecified atom stereocenters. The molecule has 1 aliphatic heterocycles. The van der Waals surface area contributed by atoms with E-state index in [1.54, 1.807) is 31.5 Å². The average Bonchev–Trinajstić information content (AvgIpc) is 2.90. The Kier molecular flexibility index (Phi) is 6.16. The topological polar surface area (TPSA) is 51.7 Å². The molecule has 1 aliphatic rings. The lowest BCUT2D eigenvalue weighted by molar-refractivity contribution is -0.126. The van der Waals surface area contributed by atoms with Crippen molar-refractivity contribution in [2.45, 2.75) is 18.2 Å². The first-order chi connectivity index (χ1) is 12.5. The van der Waals surface area contributed by atoms with E-state index in [1.165, 1.54) is 11.8 Å². The minimum Gasteiger partial charge on any atom is -0.496 e. The van der Waals surface area contributed by atoms with Gasteiger partial charge in [0.15, 0.2) is 0 Å². The molecular weight excluding hydrogens is 436 g/mol. The number of thiocarbonyl (C=S) groups is 1. The molecule has 0 N–H and O–H groups in total. The highest BCUT2D eigenvalue weighted by Gasteiger charge is 2.37. The van der Waals surface area contributed by atoms with E-state index >= 15 is 0 Å². The maximum Gasteiger partial charge on any atom is 0.242 e. The lowest BCUT2D eigenvalue weighted by Crippen LogP contribution is -2.31. The summed E-state index contributed by atoms with van der Waals surface area (Å²) in [5.74, 6) is 1.39. The Labute approximate surface area is 170 Å². The van der Waals surface area contributed by atoms with Gasteiger partial charge in [-0.2, -0.15) is 0 Å². The first-order valence-electron chi connectivity index (χ1n) is 7.84. The predicted octanol–water partition coefficient (Wildman–Crippen LogP) is 3.83. The fourth-order valence-corrected chi connectivity index (χ4v) is 4.80. The molecule has 5 nitrogen and oxygen atoms in total. The number of rotatable bonds is 6. The quantitative estimate of drug-likeness (QED) is 0.620. The van der Waals surface area contributed by atoms with Crippen LogP contribution < -0.4 is 9.47 Å². The molecule has 0 spiro atoms. The van der Waals surface area contributed by atoms with Crippen LogP contribution in [0.15, 0.2) is 41.1 Å². The Morgan fingerprint density at radius 3 is 2.73 bits per heavy atom. The highest BCUT2D eigenvalue weighted by Crippen LogP contribution is 2.37. The second-order valence-electron chi connectivity index (χ2n) is 5.66. The van der Waals surface area contributed by atoms with Crippen LogP contribution in [-0.4, -0.2) is 39.6 Å². The summed E-state index contributed by atoms with van der Waals surface area (Å²) in [6.45, 7) is 0.443. The minimum absolute atomic E-state index is 0.0119. The van der Waals surface area contributed by atoms with Gasteiger partial charge in [0.05, 0.1) is 30.5 Å². The third-order valence-electron chi connectivity index (χ3n) is 4.03. The molecule has 1 atom stereocenters. The number of nitrogens with zero attached hydrogens (tertiary/aromatic N) is 2. The number of aromatic nitrogens is 1. The fourth-order valence-electron chi connectivity index (χ4n) is 2.73. The zero-order valence-corrected chi connectivity index (χ0v) is 17.5. The molecule has 0 radical (unpaired) electrons. The Morgan fingerprint density at radius 1 is 1.31 bits per heavy atom. The van der Waals surface area contributed by atoms with Crippen molar-refractivity contribution < 1.29 is 14.3 Å². The third kappa shape index (κ3) is 4.02. The smallest absolute Gasteiger partial charge is 0.242 e. The van der Waals surface area contributed by atoms with Crippen LogP contribution in [0.25, 0.3) is 0 Å². The van der Waals surface area contributed by atoms with E-state index < -0.39 is 0 Å². The molecule has 26 heavy (non-hydrogen) atoms. The van der Waals surface area contributed by atoms with E-state index in [4.69, 9.17) is 21.7 Å². The zero-order valence-electron chi connectivity index (χ0n) is 14.3. The van der Waals surface area contributed by atoms with E-state index in [0.717, 1.165) is 15.6 Å². The van der Waals surface area contributed by atoms with Crippen LogP contribution in [0.4, 0.5) is 0 Å². The number of halogens is 1. The van der Waals surface area contributed by atoms with E-state index in [9.17, 15) is 4.79 Å². The van der Waals surface area contributed by atoms with Crippen molar-refractivity contribution in [3.05, 3.63) is 52.3 Å². The van der Waals surface area contributed by atoms with Gasteiger partial charge in [-0.15, -0.1) is 0 Å². The molecule has 2 heterocycles. The maximum atomic E-state index is 12.9. The van der Waals surface area contributed by atoms with Gasteiger partial charge in [0.2, 0.25) is 5.91 Å². The van der Waals surface area contributed by atoms with E-state index in [-0.39, 0.29) is 11.2 Å². The predicted molar refractivity (Wildman–Crippen MR) is 110 cm³/mol. The van der Waals surface area contributed by atoms with E-state index in [2.05, 4.69) is 20.9 Å². The highest BCUT2D eigenvalue weighted by molar-refractivity contribution is 9.10. The molecule has 0 saturated carbocycles. The molecule has 1 fully saturated rings. The van der Waals surface area contributed by atoms with Crippen molar-refractivity contribution in [2.75, 3.05) is 14.2 Å². The summed E-state index contributed by atoms with van der Waals surface area (Å²) in [6, 6.07) is 7.53. The Balaban J connectivity index is 1.78. The summed E-state index contributed by atoms with van der Waals surface area (Å²) >= 11 is 10.3. The van der Waals surface area contributed by atoms with Crippen molar-refractivity contribution >= 4 is 50.1 Å². The number of hydrogen-bond donors (Lipinski definition) is 0. The van der Waals surface area contributed by atoms with Crippen LogP contribution in [0.3, 0.4) is 0 Å². The van der Waals surface area contributed by atoms with E-state index in [0.29, 0.717) is 28.8 Å². The minimum atomic E-state index is -0.270. The number of amides is 1. The lowest BCUT2D eigenvalue weighted by Gasteiger charge is -2.16. The van der Waals surface area contributed by atoms with Crippen molar-refractivity contribution in [2.24, 2.45) is 0 Å². The van der Waals surface area contributed by atoms with Gasteiger partial charge < -0.3 is 9.47 Å². The fraction of sp³-hybridized carbons (Fsp3) is 0.278. The van der Waals surface area contributed by atoms with Crippen LogP contribution >= 0.6 is 39.9 Å². The first kappa shape index (κ1) is 19.1. The van der Waals surface area contributed by atoms with Crippen LogP contribution in [0.2, 0.25) is 0 Å². The maximum absolute atomic E-state index is 12.9. The molecule has 3 rings (SSSR count). The summed E-state index contributed by atoms with van der Waals surface area (Å²) < 4.78 is 12.2. The van der Waals surface area contributed by atoms with Gasteiger partial charge in [-0.25, -0.2) is 0 Å². The number of benzene rings is 1. The standard InChI is InChI=1S/C18H17BrN2O3S2/c1-23-14-8-15(24-2)13(19)6-12(14)7-16-17(22)21(18(25)26-16)10-11-4-3-5-20-9-11/h3-6,8-9,16H,7,10H2,1-2H3/t16-/m0/s1. The molecule has 8 heteroatoms. The third-order valence-corrected chi connectivity index (χ3v) is 6.23. The molecule has 0 bridgehead atoms. The van der Waals surface area contributed by atoms with Crippen molar-refractivity contribution in [3.8, 4) is 11.5 Å². The molecule has 1 aromatic carbocycles. The Hall–Kier alpha value is -1.64. The number of thioether (sulfide) groups is 1. The Bertz CT molecular complexity index is 833. The van der Waals surface area contributed by atoms with Gasteiger partial charge in [-0.3, -0.25) is 14.7 Å². The summed E-state index contributed by atoms with van der Waals surface area (Å²) in [5, 5.41) is -0.270. The SMILES string of the molecule is COc1cc(OC)c(C[C@@H]2SC(=S)N(Cc3cccnc3)C2=O)cc1Br. The number of ether oxygens (including phenoxy) is 2. The summed E-state index contributed by atoms with van der Waals surface area (Å²) in [7, 11) is 3.21.